The molecule has 0 amide bonds. The van der Waals surface area contributed by atoms with E-state index in [1.54, 1.807) is 0 Å². The highest BCUT2D eigenvalue weighted by molar-refractivity contribution is 9.10. The van der Waals surface area contributed by atoms with Gasteiger partial charge in [-0.25, -0.2) is 0 Å². The third kappa shape index (κ3) is 1.45. The Kier molecular flexibility index (Phi) is 2.55. The molecule has 3 aliphatic heterocycles. The standard InChI is InChI=1S/C14H16BrNO2/c15-12-9-4-7-17-13(9)11(10-2-1-5-16-10)8-3-6-18-14(8)12/h10,16H,1-7H2. The van der Waals surface area contributed by atoms with Crippen molar-refractivity contribution in [3.63, 3.8) is 0 Å². The van der Waals surface area contributed by atoms with Crippen LogP contribution < -0.4 is 14.8 Å². The van der Waals surface area contributed by atoms with Crippen LogP contribution in [0.15, 0.2) is 4.47 Å². The molecule has 4 rings (SSSR count). The van der Waals surface area contributed by atoms with Gasteiger partial charge in [-0.1, -0.05) is 0 Å². The molecule has 3 nitrogen and oxygen atoms in total. The third-order valence-electron chi connectivity index (χ3n) is 4.19. The minimum Gasteiger partial charge on any atom is -0.493 e. The summed E-state index contributed by atoms with van der Waals surface area (Å²) in [7, 11) is 0. The highest BCUT2D eigenvalue weighted by Gasteiger charge is 2.34. The molecule has 1 saturated heterocycles. The van der Waals surface area contributed by atoms with Crippen LogP contribution in [0.3, 0.4) is 0 Å². The maximum Gasteiger partial charge on any atom is 0.137 e. The van der Waals surface area contributed by atoms with Crippen molar-refractivity contribution in [3.05, 3.63) is 21.2 Å². The molecule has 0 saturated carbocycles. The van der Waals surface area contributed by atoms with Gasteiger partial charge >= 0.3 is 0 Å². The zero-order valence-electron chi connectivity index (χ0n) is 10.2. The lowest BCUT2D eigenvalue weighted by atomic mass is 9.93. The summed E-state index contributed by atoms with van der Waals surface area (Å²) >= 11 is 3.70. The van der Waals surface area contributed by atoms with Crippen molar-refractivity contribution in [2.75, 3.05) is 19.8 Å². The summed E-state index contributed by atoms with van der Waals surface area (Å²) in [5.74, 6) is 2.20. The summed E-state index contributed by atoms with van der Waals surface area (Å²) in [5, 5.41) is 3.60. The molecule has 1 aromatic rings. The van der Waals surface area contributed by atoms with Gasteiger partial charge in [0.2, 0.25) is 0 Å². The van der Waals surface area contributed by atoms with Gasteiger partial charge in [-0.05, 0) is 35.3 Å². The van der Waals surface area contributed by atoms with Gasteiger partial charge in [-0.15, -0.1) is 0 Å². The zero-order chi connectivity index (χ0) is 12.1. The number of rotatable bonds is 1. The van der Waals surface area contributed by atoms with Crippen LogP contribution in [0.25, 0.3) is 0 Å². The summed E-state index contributed by atoms with van der Waals surface area (Å²) in [4.78, 5) is 0. The second-order valence-corrected chi connectivity index (χ2v) is 5.98. The van der Waals surface area contributed by atoms with Crippen molar-refractivity contribution >= 4 is 15.9 Å². The van der Waals surface area contributed by atoms with Gasteiger partial charge in [-0.2, -0.15) is 0 Å². The third-order valence-corrected chi connectivity index (χ3v) is 5.03. The molecule has 1 fully saturated rings. The van der Waals surface area contributed by atoms with Gasteiger partial charge < -0.3 is 14.8 Å². The maximum absolute atomic E-state index is 5.92. The topological polar surface area (TPSA) is 30.5 Å². The van der Waals surface area contributed by atoms with E-state index in [1.165, 1.54) is 29.5 Å². The predicted molar refractivity (Wildman–Crippen MR) is 72.5 cm³/mol. The molecule has 1 unspecified atom stereocenters. The molecule has 0 radical (unpaired) electrons. The molecule has 1 atom stereocenters. The lowest BCUT2D eigenvalue weighted by Crippen LogP contribution is -2.15. The van der Waals surface area contributed by atoms with Crippen molar-refractivity contribution in [3.8, 4) is 11.5 Å². The minimum atomic E-state index is 0.459. The molecule has 0 aliphatic carbocycles. The van der Waals surface area contributed by atoms with Crippen LogP contribution in [-0.4, -0.2) is 19.8 Å². The average Bonchev–Trinajstić information content (AvgIpc) is 3.11. The minimum absolute atomic E-state index is 0.459. The summed E-state index contributed by atoms with van der Waals surface area (Å²) in [6.45, 7) is 2.72. The second-order valence-electron chi connectivity index (χ2n) is 5.19. The van der Waals surface area contributed by atoms with E-state index in [2.05, 4.69) is 21.2 Å². The SMILES string of the molecule is Brc1c2c(c(C3CCCN3)c3c1OCC3)OCC2. The normalized spacial score (nSPS) is 24.6. The molecule has 1 N–H and O–H groups in total. The lowest BCUT2D eigenvalue weighted by molar-refractivity contribution is 0.349. The molecule has 3 aliphatic rings. The van der Waals surface area contributed by atoms with Crippen molar-refractivity contribution in [1.82, 2.24) is 5.32 Å². The molecular formula is C14H16BrNO2. The molecule has 0 bridgehead atoms. The van der Waals surface area contributed by atoms with Gasteiger partial charge in [0.05, 0.1) is 17.7 Å². The highest BCUT2D eigenvalue weighted by Crippen LogP contribution is 2.50. The maximum atomic E-state index is 5.92. The number of hydrogen-bond donors (Lipinski definition) is 1. The first kappa shape index (κ1) is 11.1. The van der Waals surface area contributed by atoms with Crippen LogP contribution in [0.5, 0.6) is 11.5 Å². The van der Waals surface area contributed by atoms with Crippen molar-refractivity contribution in [1.29, 1.82) is 0 Å². The van der Waals surface area contributed by atoms with Gasteiger partial charge in [0.1, 0.15) is 11.5 Å². The van der Waals surface area contributed by atoms with Crippen LogP contribution in [0.1, 0.15) is 35.6 Å². The summed E-state index contributed by atoms with van der Waals surface area (Å²) < 4.78 is 12.9. The molecule has 0 spiro atoms. The van der Waals surface area contributed by atoms with Gasteiger partial charge in [0, 0.05) is 35.6 Å². The van der Waals surface area contributed by atoms with Crippen molar-refractivity contribution in [2.45, 2.75) is 31.7 Å². The Hall–Kier alpha value is -0.740. The van der Waals surface area contributed by atoms with E-state index < -0.39 is 0 Å². The summed E-state index contributed by atoms with van der Waals surface area (Å²) in [6.07, 6.45) is 4.47. The molecule has 4 heteroatoms. The van der Waals surface area contributed by atoms with Gasteiger partial charge in [0.15, 0.2) is 0 Å². The number of hydrogen-bond acceptors (Lipinski definition) is 3. The first-order valence-corrected chi connectivity index (χ1v) is 7.51. The zero-order valence-corrected chi connectivity index (χ0v) is 11.8. The van der Waals surface area contributed by atoms with Crippen molar-refractivity contribution in [2.24, 2.45) is 0 Å². The molecule has 3 heterocycles. The Balaban J connectivity index is 1.95. The molecule has 96 valence electrons. The number of nitrogens with one attached hydrogen (secondary N) is 1. The first-order chi connectivity index (χ1) is 8.86. The Bertz CT molecular complexity index is 474. The molecular weight excluding hydrogens is 294 g/mol. The van der Waals surface area contributed by atoms with E-state index in [4.69, 9.17) is 9.47 Å². The van der Waals surface area contributed by atoms with E-state index in [0.29, 0.717) is 6.04 Å². The van der Waals surface area contributed by atoms with E-state index in [9.17, 15) is 0 Å². The van der Waals surface area contributed by atoms with Crippen LogP contribution in [0, 0.1) is 0 Å². The monoisotopic (exact) mass is 309 g/mol. The molecule has 18 heavy (non-hydrogen) atoms. The molecule has 1 aromatic carbocycles. The van der Waals surface area contributed by atoms with Crippen LogP contribution in [-0.2, 0) is 12.8 Å². The van der Waals surface area contributed by atoms with Gasteiger partial charge in [0.25, 0.3) is 0 Å². The smallest absolute Gasteiger partial charge is 0.137 e. The Morgan fingerprint density at radius 2 is 1.83 bits per heavy atom. The second kappa shape index (κ2) is 4.14. The van der Waals surface area contributed by atoms with E-state index in [1.807, 2.05) is 0 Å². The Morgan fingerprint density at radius 3 is 2.61 bits per heavy atom. The number of fused-ring (bicyclic) bond motifs is 2. The van der Waals surface area contributed by atoms with E-state index >= 15 is 0 Å². The predicted octanol–water partition coefficient (Wildman–Crippen LogP) is 2.74. The quantitative estimate of drug-likeness (QED) is 0.865. The number of halogens is 1. The van der Waals surface area contributed by atoms with Crippen LogP contribution in [0.2, 0.25) is 0 Å². The Morgan fingerprint density at radius 1 is 1.06 bits per heavy atom. The largest absolute Gasteiger partial charge is 0.493 e. The number of benzene rings is 1. The average molecular weight is 310 g/mol. The summed E-state index contributed by atoms with van der Waals surface area (Å²) in [6, 6.07) is 0.459. The molecule has 0 aromatic heterocycles. The van der Waals surface area contributed by atoms with Crippen LogP contribution in [0.4, 0.5) is 0 Å². The fraction of sp³-hybridized carbons (Fsp3) is 0.571. The van der Waals surface area contributed by atoms with Gasteiger partial charge in [-0.3, -0.25) is 0 Å². The highest BCUT2D eigenvalue weighted by atomic mass is 79.9. The summed E-state index contributed by atoms with van der Waals surface area (Å²) in [5.41, 5.74) is 4.05. The van der Waals surface area contributed by atoms with Crippen molar-refractivity contribution < 1.29 is 9.47 Å². The first-order valence-electron chi connectivity index (χ1n) is 6.72. The fourth-order valence-corrected chi connectivity index (χ4v) is 4.12. The lowest BCUT2D eigenvalue weighted by Gasteiger charge is -2.19. The van der Waals surface area contributed by atoms with E-state index in [-0.39, 0.29) is 0 Å². The Labute approximate surface area is 115 Å². The number of ether oxygens (including phenoxy) is 2. The fourth-order valence-electron chi connectivity index (χ4n) is 3.39. The van der Waals surface area contributed by atoms with Crippen LogP contribution >= 0.6 is 15.9 Å². The van der Waals surface area contributed by atoms with E-state index in [0.717, 1.165) is 48.6 Å².